The fourth-order valence-corrected chi connectivity index (χ4v) is 2.58. The van der Waals surface area contributed by atoms with Crippen molar-refractivity contribution in [2.24, 2.45) is 0 Å². The summed E-state index contributed by atoms with van der Waals surface area (Å²) in [6.45, 7) is 0. The molecule has 19 heavy (non-hydrogen) atoms. The average molecular weight is 301 g/mol. The highest BCUT2D eigenvalue weighted by molar-refractivity contribution is 8.17. The molecule has 0 aliphatic heterocycles. The van der Waals surface area contributed by atoms with Crippen LogP contribution in [0, 0.1) is 0 Å². The highest BCUT2D eigenvalue weighted by Gasteiger charge is 2.32. The van der Waals surface area contributed by atoms with E-state index in [4.69, 9.17) is 20.2 Å². The molecule has 0 spiro atoms. The predicted octanol–water partition coefficient (Wildman–Crippen LogP) is 2.82. The number of halogens is 1. The third-order valence-electron chi connectivity index (χ3n) is 2.75. The second-order valence-corrected chi connectivity index (χ2v) is 6.58. The number of benzene rings is 1. The largest absolute Gasteiger partial charge is 0.458 e. The van der Waals surface area contributed by atoms with Gasteiger partial charge in [-0.3, -0.25) is 0 Å². The van der Waals surface area contributed by atoms with Gasteiger partial charge < -0.3 is 9.47 Å². The Balaban J connectivity index is 2.20. The van der Waals surface area contributed by atoms with Crippen LogP contribution in [0.15, 0.2) is 53.5 Å². The quantitative estimate of drug-likeness (QED) is 0.634. The van der Waals surface area contributed by atoms with E-state index in [-0.39, 0.29) is 11.3 Å². The van der Waals surface area contributed by atoms with Gasteiger partial charge in [0.2, 0.25) is 5.79 Å². The summed E-state index contributed by atoms with van der Waals surface area (Å²) < 4.78 is 33.5. The van der Waals surface area contributed by atoms with Crippen LogP contribution in [-0.4, -0.2) is 21.3 Å². The average Bonchev–Trinajstić information content (AvgIpc) is 2.39. The normalized spacial score (nSPS) is 22.9. The van der Waals surface area contributed by atoms with E-state index in [0.717, 1.165) is 0 Å². The van der Waals surface area contributed by atoms with E-state index >= 15 is 0 Å². The minimum absolute atomic E-state index is 0.0542. The van der Waals surface area contributed by atoms with Gasteiger partial charge in [0.25, 0.3) is 9.05 Å². The summed E-state index contributed by atoms with van der Waals surface area (Å²) in [5, 5.41) is 0. The maximum atomic E-state index is 11.2. The van der Waals surface area contributed by atoms with Gasteiger partial charge in [-0.2, -0.15) is 0 Å². The standard InChI is InChI=1S/C13H13ClO4S/c1-17-13(18-11-5-3-2-4-6-11)9-7-12(8-10-13)19(14,15)16/h2-9H,10H2,1H3. The number of hydrogen-bond acceptors (Lipinski definition) is 4. The van der Waals surface area contributed by atoms with Crippen molar-refractivity contribution in [2.75, 3.05) is 7.11 Å². The molecule has 0 saturated heterocycles. The van der Waals surface area contributed by atoms with Crippen molar-refractivity contribution >= 4 is 19.7 Å². The molecule has 0 aromatic heterocycles. The van der Waals surface area contributed by atoms with Gasteiger partial charge in [0.1, 0.15) is 5.75 Å². The molecule has 4 nitrogen and oxygen atoms in total. The Kier molecular flexibility index (Phi) is 3.99. The van der Waals surface area contributed by atoms with Crippen molar-refractivity contribution in [1.82, 2.24) is 0 Å². The van der Waals surface area contributed by atoms with E-state index < -0.39 is 14.8 Å². The van der Waals surface area contributed by atoms with Gasteiger partial charge in [0.15, 0.2) is 0 Å². The maximum Gasteiger partial charge on any atom is 0.260 e. The number of rotatable bonds is 4. The molecule has 0 bridgehead atoms. The van der Waals surface area contributed by atoms with E-state index in [1.54, 1.807) is 18.2 Å². The molecule has 0 saturated carbocycles. The number of hydrogen-bond donors (Lipinski definition) is 0. The zero-order chi connectivity index (χ0) is 13.9. The van der Waals surface area contributed by atoms with E-state index in [1.807, 2.05) is 18.2 Å². The molecule has 0 heterocycles. The second-order valence-electron chi connectivity index (χ2n) is 4.01. The zero-order valence-electron chi connectivity index (χ0n) is 10.2. The van der Waals surface area contributed by atoms with Crippen molar-refractivity contribution in [3.05, 3.63) is 53.5 Å². The van der Waals surface area contributed by atoms with Crippen LogP contribution in [0.25, 0.3) is 0 Å². The lowest BCUT2D eigenvalue weighted by Gasteiger charge is -2.31. The SMILES string of the molecule is COC1(Oc2ccccc2)C=CC(S(=O)(=O)Cl)=CC1. The van der Waals surface area contributed by atoms with Gasteiger partial charge in [0.05, 0.1) is 4.91 Å². The summed E-state index contributed by atoms with van der Waals surface area (Å²) in [4.78, 5) is 0.0542. The first-order valence-electron chi connectivity index (χ1n) is 5.58. The van der Waals surface area contributed by atoms with Crippen molar-refractivity contribution in [3.63, 3.8) is 0 Å². The molecule has 1 aliphatic carbocycles. The first kappa shape index (κ1) is 14.1. The van der Waals surface area contributed by atoms with Gasteiger partial charge in [0, 0.05) is 24.2 Å². The third kappa shape index (κ3) is 3.37. The summed E-state index contributed by atoms with van der Waals surface area (Å²) in [6.07, 6.45) is 4.68. The maximum absolute atomic E-state index is 11.2. The molecule has 2 rings (SSSR count). The van der Waals surface area contributed by atoms with Crippen LogP contribution >= 0.6 is 10.7 Å². The van der Waals surface area contributed by atoms with Crippen LogP contribution in [-0.2, 0) is 13.8 Å². The van der Waals surface area contributed by atoms with Crippen LogP contribution in [0.3, 0.4) is 0 Å². The zero-order valence-corrected chi connectivity index (χ0v) is 11.8. The van der Waals surface area contributed by atoms with Crippen LogP contribution < -0.4 is 4.74 Å². The van der Waals surface area contributed by atoms with E-state index in [0.29, 0.717) is 5.75 Å². The summed E-state index contributed by atoms with van der Waals surface area (Å²) in [5.74, 6) is -0.369. The van der Waals surface area contributed by atoms with Crippen molar-refractivity contribution in [3.8, 4) is 5.75 Å². The fourth-order valence-electron chi connectivity index (χ4n) is 1.73. The Morgan fingerprint density at radius 3 is 2.42 bits per heavy atom. The molecule has 1 aliphatic rings. The van der Waals surface area contributed by atoms with Gasteiger partial charge in [-0.15, -0.1) is 0 Å². The Morgan fingerprint density at radius 2 is 1.95 bits per heavy atom. The number of ether oxygens (including phenoxy) is 2. The topological polar surface area (TPSA) is 52.6 Å². The smallest absolute Gasteiger partial charge is 0.260 e. The first-order chi connectivity index (χ1) is 8.95. The van der Waals surface area contributed by atoms with Gasteiger partial charge >= 0.3 is 0 Å². The summed E-state index contributed by atoms with van der Waals surface area (Å²) in [7, 11) is 3.06. The predicted molar refractivity (Wildman–Crippen MR) is 73.4 cm³/mol. The van der Waals surface area contributed by atoms with Gasteiger partial charge in [-0.1, -0.05) is 24.3 Å². The Morgan fingerprint density at radius 1 is 1.26 bits per heavy atom. The first-order valence-corrected chi connectivity index (χ1v) is 7.89. The summed E-state index contributed by atoms with van der Waals surface area (Å²) in [6, 6.07) is 9.16. The summed E-state index contributed by atoms with van der Waals surface area (Å²) in [5.41, 5.74) is 0. The molecule has 0 N–H and O–H groups in total. The lowest BCUT2D eigenvalue weighted by Crippen LogP contribution is -2.37. The van der Waals surface area contributed by atoms with Crippen LogP contribution in [0.5, 0.6) is 5.75 Å². The third-order valence-corrected chi connectivity index (χ3v) is 4.15. The summed E-state index contributed by atoms with van der Waals surface area (Å²) >= 11 is 0. The monoisotopic (exact) mass is 300 g/mol. The van der Waals surface area contributed by atoms with Crippen molar-refractivity contribution in [1.29, 1.82) is 0 Å². The van der Waals surface area contributed by atoms with E-state index in [1.165, 1.54) is 19.3 Å². The molecular weight excluding hydrogens is 288 g/mol. The number of methoxy groups -OCH3 is 1. The molecule has 1 atom stereocenters. The number of allylic oxidation sites excluding steroid dienone is 1. The lowest BCUT2D eigenvalue weighted by atomic mass is 10.1. The lowest BCUT2D eigenvalue weighted by molar-refractivity contribution is -0.122. The minimum atomic E-state index is -3.72. The van der Waals surface area contributed by atoms with E-state index in [2.05, 4.69) is 0 Å². The van der Waals surface area contributed by atoms with E-state index in [9.17, 15) is 8.42 Å². The molecule has 6 heteroatoms. The second kappa shape index (κ2) is 5.36. The molecule has 1 unspecified atom stereocenters. The fraction of sp³-hybridized carbons (Fsp3) is 0.231. The molecule has 1 aromatic carbocycles. The molecule has 102 valence electrons. The molecular formula is C13H13ClO4S. The van der Waals surface area contributed by atoms with Crippen LogP contribution in [0.1, 0.15) is 6.42 Å². The highest BCUT2D eigenvalue weighted by atomic mass is 35.7. The van der Waals surface area contributed by atoms with Gasteiger partial charge in [-0.25, -0.2) is 8.42 Å². The molecule has 0 amide bonds. The highest BCUT2D eigenvalue weighted by Crippen LogP contribution is 2.30. The van der Waals surface area contributed by atoms with Crippen molar-refractivity contribution in [2.45, 2.75) is 12.2 Å². The Labute approximate surface area is 116 Å². The van der Waals surface area contributed by atoms with Crippen LogP contribution in [0.4, 0.5) is 0 Å². The van der Waals surface area contributed by atoms with Gasteiger partial charge in [-0.05, 0) is 24.3 Å². The van der Waals surface area contributed by atoms with Crippen LogP contribution in [0.2, 0.25) is 0 Å². The Bertz CT molecular complexity index is 607. The van der Waals surface area contributed by atoms with Crippen molar-refractivity contribution < 1.29 is 17.9 Å². The molecule has 0 radical (unpaired) electrons. The minimum Gasteiger partial charge on any atom is -0.458 e. The number of para-hydroxylation sites is 1. The Hall–Kier alpha value is -1.30. The molecule has 0 fully saturated rings. The molecule has 1 aromatic rings.